The Kier molecular flexibility index (Phi) is 2.97. The number of carbonyl (C=O) groups excluding carboxylic acids is 1. The molecule has 1 spiro atoms. The molecular weight excluding hydrogens is 240 g/mol. The zero-order valence-corrected chi connectivity index (χ0v) is 11.5. The summed E-state index contributed by atoms with van der Waals surface area (Å²) in [5.74, 6) is 1.06. The SMILES string of the molecule is COc1cccc(C2NC3(CCCC3)C(=O)N2C)c1. The van der Waals surface area contributed by atoms with Crippen molar-refractivity contribution < 1.29 is 9.53 Å². The van der Waals surface area contributed by atoms with Crippen molar-refractivity contribution in [1.29, 1.82) is 0 Å². The Morgan fingerprint density at radius 1 is 1.37 bits per heavy atom. The average molecular weight is 260 g/mol. The monoisotopic (exact) mass is 260 g/mol. The van der Waals surface area contributed by atoms with Gasteiger partial charge in [0.2, 0.25) is 5.91 Å². The Labute approximate surface area is 113 Å². The average Bonchev–Trinajstić information content (AvgIpc) is 3.01. The van der Waals surface area contributed by atoms with Crippen LogP contribution in [-0.4, -0.2) is 30.5 Å². The molecule has 1 atom stereocenters. The summed E-state index contributed by atoms with van der Waals surface area (Å²) in [6.45, 7) is 0. The first-order valence-electron chi connectivity index (χ1n) is 6.85. The quantitative estimate of drug-likeness (QED) is 0.885. The van der Waals surface area contributed by atoms with Crippen molar-refractivity contribution in [2.75, 3.05) is 14.2 Å². The third-order valence-electron chi connectivity index (χ3n) is 4.40. The summed E-state index contributed by atoms with van der Waals surface area (Å²) in [7, 11) is 3.54. The standard InChI is InChI=1S/C15H20N2O2/c1-17-13(11-6-5-7-12(10-11)19-2)16-15(14(17)18)8-3-4-9-15/h5-7,10,13,16H,3-4,8-9H2,1-2H3. The number of hydrogen-bond donors (Lipinski definition) is 1. The molecule has 1 saturated heterocycles. The number of nitrogens with one attached hydrogen (secondary N) is 1. The summed E-state index contributed by atoms with van der Waals surface area (Å²) >= 11 is 0. The van der Waals surface area contributed by atoms with Crippen LogP contribution in [-0.2, 0) is 4.79 Å². The van der Waals surface area contributed by atoms with Gasteiger partial charge < -0.3 is 9.64 Å². The fraction of sp³-hybridized carbons (Fsp3) is 0.533. The Morgan fingerprint density at radius 3 is 2.79 bits per heavy atom. The van der Waals surface area contributed by atoms with Crippen LogP contribution in [0.1, 0.15) is 37.4 Å². The van der Waals surface area contributed by atoms with Crippen molar-refractivity contribution in [2.24, 2.45) is 0 Å². The van der Waals surface area contributed by atoms with Crippen LogP contribution in [0.5, 0.6) is 5.75 Å². The first-order valence-corrected chi connectivity index (χ1v) is 6.85. The fourth-order valence-electron chi connectivity index (χ4n) is 3.33. The molecule has 1 amide bonds. The van der Waals surface area contributed by atoms with Crippen LogP contribution < -0.4 is 10.1 Å². The number of nitrogens with zero attached hydrogens (tertiary/aromatic N) is 1. The molecule has 4 heteroatoms. The molecule has 1 aliphatic heterocycles. The summed E-state index contributed by atoms with van der Waals surface area (Å²) in [6.07, 6.45) is 4.14. The molecule has 19 heavy (non-hydrogen) atoms. The number of benzene rings is 1. The van der Waals surface area contributed by atoms with E-state index < -0.39 is 0 Å². The number of ether oxygens (including phenoxy) is 1. The summed E-state index contributed by atoms with van der Waals surface area (Å²) in [4.78, 5) is 14.3. The second-order valence-corrected chi connectivity index (χ2v) is 5.53. The molecule has 1 N–H and O–H groups in total. The van der Waals surface area contributed by atoms with E-state index in [2.05, 4.69) is 5.32 Å². The lowest BCUT2D eigenvalue weighted by Crippen LogP contribution is -2.43. The highest BCUT2D eigenvalue weighted by Crippen LogP contribution is 2.40. The van der Waals surface area contributed by atoms with Crippen molar-refractivity contribution in [2.45, 2.75) is 37.4 Å². The molecule has 4 nitrogen and oxygen atoms in total. The van der Waals surface area contributed by atoms with Gasteiger partial charge in [0.1, 0.15) is 11.9 Å². The maximum Gasteiger partial charge on any atom is 0.244 e. The summed E-state index contributed by atoms with van der Waals surface area (Å²) in [5, 5.41) is 3.55. The van der Waals surface area contributed by atoms with E-state index in [4.69, 9.17) is 4.74 Å². The van der Waals surface area contributed by atoms with Gasteiger partial charge in [0, 0.05) is 7.05 Å². The van der Waals surface area contributed by atoms with Crippen molar-refractivity contribution in [3.63, 3.8) is 0 Å². The molecule has 1 unspecified atom stereocenters. The van der Waals surface area contributed by atoms with Gasteiger partial charge in [-0.2, -0.15) is 0 Å². The third-order valence-corrected chi connectivity index (χ3v) is 4.40. The van der Waals surface area contributed by atoms with Crippen LogP contribution in [0.25, 0.3) is 0 Å². The van der Waals surface area contributed by atoms with Gasteiger partial charge in [-0.1, -0.05) is 25.0 Å². The van der Waals surface area contributed by atoms with Gasteiger partial charge in [0.15, 0.2) is 0 Å². The lowest BCUT2D eigenvalue weighted by molar-refractivity contribution is -0.132. The summed E-state index contributed by atoms with van der Waals surface area (Å²) < 4.78 is 5.26. The largest absolute Gasteiger partial charge is 0.497 e. The van der Waals surface area contributed by atoms with Gasteiger partial charge in [0.05, 0.1) is 12.6 Å². The van der Waals surface area contributed by atoms with Crippen molar-refractivity contribution in [3.05, 3.63) is 29.8 Å². The van der Waals surface area contributed by atoms with Crippen LogP contribution in [0.2, 0.25) is 0 Å². The number of likely N-dealkylation sites (N-methyl/N-ethyl adjacent to an activating group) is 1. The Balaban J connectivity index is 1.91. The minimum atomic E-state index is -0.317. The van der Waals surface area contributed by atoms with Gasteiger partial charge in [-0.25, -0.2) is 0 Å². The highest BCUT2D eigenvalue weighted by Gasteiger charge is 2.51. The van der Waals surface area contributed by atoms with Crippen molar-refractivity contribution >= 4 is 5.91 Å². The predicted octanol–water partition coefficient (Wildman–Crippen LogP) is 2.07. The Bertz CT molecular complexity index is 495. The molecule has 1 aromatic carbocycles. The van der Waals surface area contributed by atoms with E-state index >= 15 is 0 Å². The van der Waals surface area contributed by atoms with Crippen molar-refractivity contribution in [1.82, 2.24) is 10.2 Å². The van der Waals surface area contributed by atoms with Gasteiger partial charge in [-0.05, 0) is 30.5 Å². The van der Waals surface area contributed by atoms with Crippen LogP contribution >= 0.6 is 0 Å². The number of amides is 1. The van der Waals surface area contributed by atoms with E-state index in [-0.39, 0.29) is 17.6 Å². The molecule has 102 valence electrons. The highest BCUT2D eigenvalue weighted by atomic mass is 16.5. The predicted molar refractivity (Wildman–Crippen MR) is 72.8 cm³/mol. The zero-order chi connectivity index (χ0) is 13.5. The van der Waals surface area contributed by atoms with E-state index in [1.807, 2.05) is 36.2 Å². The number of rotatable bonds is 2. The van der Waals surface area contributed by atoms with Gasteiger partial charge in [-0.15, -0.1) is 0 Å². The van der Waals surface area contributed by atoms with Gasteiger partial charge in [0.25, 0.3) is 0 Å². The smallest absolute Gasteiger partial charge is 0.244 e. The zero-order valence-electron chi connectivity index (χ0n) is 11.5. The molecule has 0 aromatic heterocycles. The molecule has 1 aliphatic carbocycles. The van der Waals surface area contributed by atoms with E-state index in [1.165, 1.54) is 0 Å². The molecule has 3 rings (SSSR count). The van der Waals surface area contributed by atoms with Crippen LogP contribution in [0.4, 0.5) is 0 Å². The topological polar surface area (TPSA) is 41.6 Å². The molecular formula is C15H20N2O2. The van der Waals surface area contributed by atoms with Crippen LogP contribution in [0, 0.1) is 0 Å². The molecule has 0 bridgehead atoms. The Morgan fingerprint density at radius 2 is 2.11 bits per heavy atom. The molecule has 1 saturated carbocycles. The van der Waals surface area contributed by atoms with Crippen LogP contribution in [0.3, 0.4) is 0 Å². The fourth-order valence-corrected chi connectivity index (χ4v) is 3.33. The van der Waals surface area contributed by atoms with E-state index in [9.17, 15) is 4.79 Å². The number of carbonyl (C=O) groups is 1. The molecule has 0 radical (unpaired) electrons. The molecule has 2 fully saturated rings. The number of methoxy groups -OCH3 is 1. The lowest BCUT2D eigenvalue weighted by Gasteiger charge is -2.21. The summed E-state index contributed by atoms with van der Waals surface area (Å²) in [6, 6.07) is 7.92. The maximum atomic E-state index is 12.5. The second kappa shape index (κ2) is 4.53. The minimum Gasteiger partial charge on any atom is -0.497 e. The van der Waals surface area contributed by atoms with Crippen LogP contribution in [0.15, 0.2) is 24.3 Å². The molecule has 1 heterocycles. The highest BCUT2D eigenvalue weighted by molar-refractivity contribution is 5.89. The Hall–Kier alpha value is -1.55. The van der Waals surface area contributed by atoms with Crippen molar-refractivity contribution in [3.8, 4) is 5.75 Å². The minimum absolute atomic E-state index is 0.0410. The second-order valence-electron chi connectivity index (χ2n) is 5.53. The molecule has 1 aromatic rings. The first kappa shape index (κ1) is 12.5. The van der Waals surface area contributed by atoms with E-state index in [0.29, 0.717) is 0 Å². The van der Waals surface area contributed by atoms with Gasteiger partial charge >= 0.3 is 0 Å². The first-order chi connectivity index (χ1) is 9.16. The van der Waals surface area contributed by atoms with Gasteiger partial charge in [-0.3, -0.25) is 10.1 Å². The lowest BCUT2D eigenvalue weighted by atomic mass is 9.98. The third kappa shape index (κ3) is 1.91. The molecule has 2 aliphatic rings. The van der Waals surface area contributed by atoms with E-state index in [1.54, 1.807) is 7.11 Å². The van der Waals surface area contributed by atoms with E-state index in [0.717, 1.165) is 37.0 Å². The summed E-state index contributed by atoms with van der Waals surface area (Å²) in [5.41, 5.74) is 0.765. The normalized spacial score (nSPS) is 25.3. The maximum absolute atomic E-state index is 12.5. The number of hydrogen-bond acceptors (Lipinski definition) is 3.